The fraction of sp³-hybridized carbons (Fsp3) is 0.200. The van der Waals surface area contributed by atoms with E-state index < -0.39 is 0 Å². The van der Waals surface area contributed by atoms with Gasteiger partial charge in [-0.3, -0.25) is 0 Å². The lowest BCUT2D eigenvalue weighted by molar-refractivity contribution is 0.346. The summed E-state index contributed by atoms with van der Waals surface area (Å²) in [6.45, 7) is 2.41. The number of thiophene rings is 1. The van der Waals surface area contributed by atoms with E-state index in [-0.39, 0.29) is 5.82 Å². The van der Waals surface area contributed by atoms with Crippen LogP contribution >= 0.6 is 11.3 Å². The largest absolute Gasteiger partial charge is 0.490 e. The molecule has 1 aromatic heterocycles. The third-order valence-corrected chi connectivity index (χ3v) is 2.93. The van der Waals surface area contributed by atoms with Crippen molar-refractivity contribution in [1.82, 2.24) is 0 Å². The highest BCUT2D eigenvalue weighted by atomic mass is 32.1. The van der Waals surface area contributed by atoms with Crippen molar-refractivity contribution >= 4 is 27.1 Å². The molecule has 2 rings (SSSR count). The summed E-state index contributed by atoms with van der Waals surface area (Å²) in [6, 6.07) is 3.35. The van der Waals surface area contributed by atoms with Gasteiger partial charge in [-0.15, -0.1) is 11.3 Å². The van der Waals surface area contributed by atoms with Gasteiger partial charge in [-0.2, -0.15) is 0 Å². The smallest absolute Gasteiger partial charge is 0.160 e. The highest BCUT2D eigenvalue weighted by molar-refractivity contribution is 7.17. The maximum absolute atomic E-state index is 13.2. The topological polar surface area (TPSA) is 35.2 Å². The van der Waals surface area contributed by atoms with Gasteiger partial charge in [0.2, 0.25) is 0 Å². The maximum atomic E-state index is 13.2. The van der Waals surface area contributed by atoms with Crippen molar-refractivity contribution in [1.29, 1.82) is 0 Å². The second kappa shape index (κ2) is 3.46. The van der Waals surface area contributed by atoms with Gasteiger partial charge in [-0.25, -0.2) is 4.39 Å². The number of rotatable bonds is 2. The molecule has 2 aromatic rings. The summed E-state index contributed by atoms with van der Waals surface area (Å²) in [6.07, 6.45) is 0. The Labute approximate surface area is 85.1 Å². The normalized spacial score (nSPS) is 10.7. The van der Waals surface area contributed by atoms with Crippen LogP contribution in [0.1, 0.15) is 6.92 Å². The first-order valence-electron chi connectivity index (χ1n) is 4.32. The number of hydrogen-bond acceptors (Lipinski definition) is 3. The summed E-state index contributed by atoms with van der Waals surface area (Å²) < 4.78 is 19.4. The number of hydrogen-bond donors (Lipinski definition) is 1. The van der Waals surface area contributed by atoms with Crippen molar-refractivity contribution in [2.24, 2.45) is 0 Å². The molecule has 2 N–H and O–H groups in total. The third kappa shape index (κ3) is 1.32. The number of benzene rings is 1. The first-order valence-corrected chi connectivity index (χ1v) is 5.20. The van der Waals surface area contributed by atoms with Gasteiger partial charge in [0.15, 0.2) is 5.75 Å². The molecule has 0 spiro atoms. The van der Waals surface area contributed by atoms with Gasteiger partial charge < -0.3 is 10.5 Å². The number of fused-ring (bicyclic) bond motifs is 1. The molecule has 0 aliphatic rings. The van der Waals surface area contributed by atoms with Crippen LogP contribution in [0.4, 0.5) is 10.1 Å². The minimum Gasteiger partial charge on any atom is -0.490 e. The van der Waals surface area contributed by atoms with Gasteiger partial charge in [-0.1, -0.05) is 0 Å². The molecule has 0 atom stereocenters. The van der Waals surface area contributed by atoms with Crippen molar-refractivity contribution in [2.45, 2.75) is 6.92 Å². The van der Waals surface area contributed by atoms with Gasteiger partial charge in [0.05, 0.1) is 17.0 Å². The van der Waals surface area contributed by atoms with Crippen LogP contribution in [-0.4, -0.2) is 6.61 Å². The van der Waals surface area contributed by atoms with Gasteiger partial charge in [0.1, 0.15) is 5.82 Å². The molecule has 74 valence electrons. The predicted octanol–water partition coefficient (Wildman–Crippen LogP) is 3.02. The monoisotopic (exact) mass is 211 g/mol. The third-order valence-electron chi connectivity index (χ3n) is 1.97. The number of anilines is 1. The molecular weight excluding hydrogens is 201 g/mol. The minimum absolute atomic E-state index is 0.217. The molecule has 0 fully saturated rings. The van der Waals surface area contributed by atoms with E-state index in [0.29, 0.717) is 23.4 Å². The Morgan fingerprint density at radius 1 is 1.50 bits per heavy atom. The molecule has 0 saturated carbocycles. The van der Waals surface area contributed by atoms with Crippen molar-refractivity contribution in [3.05, 3.63) is 23.3 Å². The van der Waals surface area contributed by atoms with E-state index in [2.05, 4.69) is 0 Å². The maximum Gasteiger partial charge on any atom is 0.160 e. The quantitative estimate of drug-likeness (QED) is 0.775. The van der Waals surface area contributed by atoms with Crippen LogP contribution in [0.5, 0.6) is 5.75 Å². The molecule has 0 saturated heterocycles. The second-order valence-electron chi connectivity index (χ2n) is 2.88. The number of ether oxygens (including phenoxy) is 1. The van der Waals surface area contributed by atoms with Gasteiger partial charge >= 0.3 is 0 Å². The first-order chi connectivity index (χ1) is 6.74. The number of halogens is 1. The molecule has 0 bridgehead atoms. The molecule has 1 aromatic carbocycles. The summed E-state index contributed by atoms with van der Waals surface area (Å²) in [5.74, 6) is 0.379. The minimum atomic E-state index is -0.217. The second-order valence-corrected chi connectivity index (χ2v) is 3.76. The molecular formula is C10H10FNOS. The average Bonchev–Trinajstić information content (AvgIpc) is 2.53. The predicted molar refractivity (Wildman–Crippen MR) is 57.4 cm³/mol. The zero-order chi connectivity index (χ0) is 10.1. The molecule has 0 aliphatic heterocycles. The van der Waals surface area contributed by atoms with E-state index in [9.17, 15) is 4.39 Å². The van der Waals surface area contributed by atoms with Crippen LogP contribution in [0.25, 0.3) is 10.1 Å². The number of nitrogens with two attached hydrogens (primary N) is 1. The lowest BCUT2D eigenvalue weighted by Gasteiger charge is -2.07. The van der Waals surface area contributed by atoms with Gasteiger partial charge in [0, 0.05) is 10.8 Å². The van der Waals surface area contributed by atoms with Crippen LogP contribution in [0.2, 0.25) is 0 Å². The van der Waals surface area contributed by atoms with E-state index >= 15 is 0 Å². The Morgan fingerprint density at radius 3 is 3.00 bits per heavy atom. The summed E-state index contributed by atoms with van der Waals surface area (Å²) in [5.41, 5.74) is 6.30. The highest BCUT2D eigenvalue weighted by Crippen LogP contribution is 2.37. The average molecular weight is 211 g/mol. The molecule has 0 unspecified atom stereocenters. The lowest BCUT2D eigenvalue weighted by atomic mass is 10.2. The van der Waals surface area contributed by atoms with Crippen LogP contribution in [0, 0.1) is 5.82 Å². The molecule has 0 amide bonds. The summed E-state index contributed by atoms with van der Waals surface area (Å²) in [5, 5.41) is 2.04. The Kier molecular flexibility index (Phi) is 2.29. The number of nitrogen functional groups attached to an aromatic ring is 1. The van der Waals surface area contributed by atoms with Crippen molar-refractivity contribution in [3.63, 3.8) is 0 Å². The highest BCUT2D eigenvalue weighted by Gasteiger charge is 2.11. The lowest BCUT2D eigenvalue weighted by Crippen LogP contribution is -1.96. The Bertz CT molecular complexity index is 466. The van der Waals surface area contributed by atoms with E-state index in [1.807, 2.05) is 6.92 Å². The van der Waals surface area contributed by atoms with Crippen LogP contribution in [0.3, 0.4) is 0 Å². The summed E-state index contributed by atoms with van der Waals surface area (Å²) in [4.78, 5) is 0. The van der Waals surface area contributed by atoms with E-state index in [1.165, 1.54) is 16.7 Å². The molecule has 14 heavy (non-hydrogen) atoms. The van der Waals surface area contributed by atoms with Crippen molar-refractivity contribution < 1.29 is 9.13 Å². The van der Waals surface area contributed by atoms with Gasteiger partial charge in [-0.05, 0) is 19.1 Å². The summed E-state index contributed by atoms with van der Waals surface area (Å²) >= 11 is 1.31. The van der Waals surface area contributed by atoms with E-state index in [4.69, 9.17) is 10.5 Å². The van der Waals surface area contributed by atoms with Crippen LogP contribution in [0.15, 0.2) is 17.5 Å². The fourth-order valence-electron chi connectivity index (χ4n) is 1.35. The van der Waals surface area contributed by atoms with Crippen LogP contribution < -0.4 is 10.5 Å². The summed E-state index contributed by atoms with van der Waals surface area (Å²) in [7, 11) is 0. The molecule has 0 aliphatic carbocycles. The fourth-order valence-corrected chi connectivity index (χ4v) is 2.27. The van der Waals surface area contributed by atoms with E-state index in [0.717, 1.165) is 4.70 Å². The zero-order valence-electron chi connectivity index (χ0n) is 7.71. The first kappa shape index (κ1) is 9.27. The van der Waals surface area contributed by atoms with Crippen molar-refractivity contribution in [3.8, 4) is 5.75 Å². The standard InChI is InChI=1S/C10H10FNOS/c1-2-13-9-8(12)4-3-6-7(11)5-14-10(6)9/h3-5H,2,12H2,1H3. The van der Waals surface area contributed by atoms with Crippen LogP contribution in [-0.2, 0) is 0 Å². The molecule has 4 heteroatoms. The van der Waals surface area contributed by atoms with Gasteiger partial charge in [0.25, 0.3) is 0 Å². The molecule has 2 nitrogen and oxygen atoms in total. The Hall–Kier alpha value is -1.29. The van der Waals surface area contributed by atoms with Crippen molar-refractivity contribution in [2.75, 3.05) is 12.3 Å². The Balaban J connectivity index is 2.70. The molecule has 0 radical (unpaired) electrons. The zero-order valence-corrected chi connectivity index (χ0v) is 8.53. The molecule has 1 heterocycles. The Morgan fingerprint density at radius 2 is 2.29 bits per heavy atom. The SMILES string of the molecule is CCOc1c(N)ccc2c(F)csc12. The van der Waals surface area contributed by atoms with E-state index in [1.54, 1.807) is 12.1 Å².